The number of rotatable bonds is 9. The Morgan fingerprint density at radius 1 is 0.927 bits per heavy atom. The number of fused-ring (bicyclic) bond motifs is 1. The lowest BCUT2D eigenvalue weighted by Crippen LogP contribution is -2.20. The molecule has 41 heavy (non-hydrogen) atoms. The second kappa shape index (κ2) is 14.0. The van der Waals surface area contributed by atoms with Gasteiger partial charge in [0.05, 0.1) is 17.0 Å². The van der Waals surface area contributed by atoms with Crippen molar-refractivity contribution in [3.63, 3.8) is 0 Å². The summed E-state index contributed by atoms with van der Waals surface area (Å²) < 4.78 is 5.44. The number of aryl methyl sites for hydroxylation is 1. The van der Waals surface area contributed by atoms with Crippen molar-refractivity contribution in [1.82, 2.24) is 0 Å². The van der Waals surface area contributed by atoms with Gasteiger partial charge in [-0.05, 0) is 73.4 Å². The van der Waals surface area contributed by atoms with Crippen LogP contribution in [-0.2, 0) is 22.4 Å². The first-order valence-electron chi connectivity index (χ1n) is 13.8. The molecule has 2 amide bonds. The Bertz CT molecular complexity index is 1500. The van der Waals surface area contributed by atoms with Gasteiger partial charge in [0.1, 0.15) is 10.3 Å². The van der Waals surface area contributed by atoms with Gasteiger partial charge in [-0.25, -0.2) is 4.79 Å². The van der Waals surface area contributed by atoms with Crippen LogP contribution in [0.2, 0.25) is 0 Å². The van der Waals surface area contributed by atoms with E-state index in [1.165, 1.54) is 45.7 Å². The molecule has 2 N–H and O–H groups in total. The van der Waals surface area contributed by atoms with Crippen LogP contribution in [0.15, 0.2) is 77.0 Å². The molecule has 6 nitrogen and oxygen atoms in total. The summed E-state index contributed by atoms with van der Waals surface area (Å²) in [5.74, 6) is -0.757. The highest BCUT2D eigenvalue weighted by Gasteiger charge is 2.29. The van der Waals surface area contributed by atoms with Crippen molar-refractivity contribution >= 4 is 62.9 Å². The van der Waals surface area contributed by atoms with Crippen LogP contribution in [-0.4, -0.2) is 24.4 Å². The Morgan fingerprint density at radius 3 is 2.49 bits per heavy atom. The molecule has 0 saturated carbocycles. The number of amides is 2. The summed E-state index contributed by atoms with van der Waals surface area (Å²) in [4.78, 5) is 42.3. The van der Waals surface area contributed by atoms with E-state index in [1.807, 2.05) is 66.0 Å². The maximum atomic E-state index is 14.0. The highest BCUT2D eigenvalue weighted by molar-refractivity contribution is 8.00. The van der Waals surface area contributed by atoms with Crippen LogP contribution >= 0.6 is 34.4 Å². The minimum Gasteiger partial charge on any atom is -0.462 e. The first kappa shape index (κ1) is 29.1. The largest absolute Gasteiger partial charge is 0.462 e. The zero-order chi connectivity index (χ0) is 28.6. The van der Waals surface area contributed by atoms with E-state index in [2.05, 4.69) is 10.6 Å². The molecule has 1 aliphatic rings. The number of carbonyl (C=O) groups is 3. The zero-order valence-corrected chi connectivity index (χ0v) is 25.3. The summed E-state index contributed by atoms with van der Waals surface area (Å²) in [7, 11) is 0. The number of carbonyl (C=O) groups excluding carboxylic acids is 3. The van der Waals surface area contributed by atoms with E-state index >= 15 is 0 Å². The maximum Gasteiger partial charge on any atom is 0.341 e. The summed E-state index contributed by atoms with van der Waals surface area (Å²) >= 11 is 4.29. The van der Waals surface area contributed by atoms with Gasteiger partial charge in [0.15, 0.2) is 0 Å². The van der Waals surface area contributed by atoms with Crippen molar-refractivity contribution < 1.29 is 19.1 Å². The third-order valence-electron chi connectivity index (χ3n) is 6.82. The zero-order valence-electron chi connectivity index (χ0n) is 22.8. The first-order chi connectivity index (χ1) is 20.0. The second-order valence-electron chi connectivity index (χ2n) is 9.70. The van der Waals surface area contributed by atoms with Crippen LogP contribution in [0.25, 0.3) is 0 Å². The van der Waals surface area contributed by atoms with Gasteiger partial charge in [-0.1, -0.05) is 55.3 Å². The van der Waals surface area contributed by atoms with Gasteiger partial charge in [0.2, 0.25) is 5.91 Å². The van der Waals surface area contributed by atoms with Crippen LogP contribution in [0, 0.1) is 0 Å². The summed E-state index contributed by atoms with van der Waals surface area (Å²) in [5.41, 5.74) is 3.04. The van der Waals surface area contributed by atoms with E-state index in [1.54, 1.807) is 13.0 Å². The van der Waals surface area contributed by atoms with Crippen molar-refractivity contribution in [2.75, 3.05) is 17.2 Å². The van der Waals surface area contributed by atoms with Crippen molar-refractivity contribution in [1.29, 1.82) is 0 Å². The molecule has 2 heterocycles. The number of benzene rings is 2. The maximum absolute atomic E-state index is 14.0. The standard InChI is InChI=1S/C32H32N2O4S3/c1-2-38-32(37)27-24-16-8-3-4-9-17-25(24)41-31(27)34-30(36)28(21-12-6-5-7-13-21)40-23-15-10-14-22(20-23)33-29(35)26-18-11-19-39-26/h5-7,10-15,18-20,28H,2-4,8-9,16-17H2,1H3,(H,33,35)(H,34,36). The Labute approximate surface area is 252 Å². The Kier molecular flexibility index (Phi) is 9.92. The van der Waals surface area contributed by atoms with Gasteiger partial charge in [0, 0.05) is 15.5 Å². The normalized spacial score (nSPS) is 13.8. The molecular weight excluding hydrogens is 573 g/mol. The molecule has 212 valence electrons. The number of hydrogen-bond acceptors (Lipinski definition) is 7. The van der Waals surface area contributed by atoms with E-state index in [0.717, 1.165) is 48.1 Å². The molecule has 2 aromatic carbocycles. The van der Waals surface area contributed by atoms with Crippen molar-refractivity contribution in [3.8, 4) is 0 Å². The number of nitrogens with one attached hydrogen (secondary N) is 2. The van der Waals surface area contributed by atoms with E-state index in [0.29, 0.717) is 21.1 Å². The monoisotopic (exact) mass is 604 g/mol. The molecule has 0 aliphatic heterocycles. The van der Waals surface area contributed by atoms with Crippen LogP contribution in [0.1, 0.15) is 73.9 Å². The predicted molar refractivity (Wildman–Crippen MR) is 169 cm³/mol. The van der Waals surface area contributed by atoms with Gasteiger partial charge in [-0.15, -0.1) is 34.4 Å². The quantitative estimate of drug-likeness (QED) is 0.148. The highest BCUT2D eigenvalue weighted by atomic mass is 32.2. The number of thiophene rings is 2. The Balaban J connectivity index is 1.42. The molecule has 5 rings (SSSR count). The molecule has 2 aromatic heterocycles. The van der Waals surface area contributed by atoms with E-state index in [4.69, 9.17) is 4.74 Å². The van der Waals surface area contributed by atoms with Crippen molar-refractivity contribution in [2.24, 2.45) is 0 Å². The lowest BCUT2D eigenvalue weighted by Gasteiger charge is -2.18. The molecule has 4 aromatic rings. The lowest BCUT2D eigenvalue weighted by molar-refractivity contribution is -0.115. The third-order valence-corrected chi connectivity index (χ3v) is 10.1. The lowest BCUT2D eigenvalue weighted by atomic mass is 9.96. The van der Waals surface area contributed by atoms with E-state index in [-0.39, 0.29) is 24.4 Å². The molecule has 0 bridgehead atoms. The minimum absolute atomic E-state index is 0.167. The molecule has 9 heteroatoms. The molecule has 0 fully saturated rings. The van der Waals surface area contributed by atoms with Crippen molar-refractivity contribution in [2.45, 2.75) is 55.6 Å². The molecule has 0 saturated heterocycles. The van der Waals surface area contributed by atoms with Crippen LogP contribution in [0.4, 0.5) is 10.7 Å². The minimum atomic E-state index is -0.584. The summed E-state index contributed by atoms with van der Waals surface area (Å²) in [6.45, 7) is 2.07. The number of ether oxygens (including phenoxy) is 1. The first-order valence-corrected chi connectivity index (χ1v) is 16.4. The Morgan fingerprint density at radius 2 is 1.73 bits per heavy atom. The fourth-order valence-corrected chi connectivity index (χ4v) is 7.87. The van der Waals surface area contributed by atoms with E-state index < -0.39 is 5.25 Å². The van der Waals surface area contributed by atoms with Crippen molar-refractivity contribution in [3.05, 3.63) is 98.6 Å². The highest BCUT2D eigenvalue weighted by Crippen LogP contribution is 2.41. The van der Waals surface area contributed by atoms with Gasteiger partial charge in [-0.2, -0.15) is 0 Å². The number of hydrogen-bond donors (Lipinski definition) is 2. The smallest absolute Gasteiger partial charge is 0.341 e. The van der Waals surface area contributed by atoms with Gasteiger partial charge in [-0.3, -0.25) is 9.59 Å². The molecule has 1 unspecified atom stereocenters. The number of esters is 1. The summed E-state index contributed by atoms with van der Waals surface area (Å²) in [6, 6.07) is 20.7. The summed E-state index contributed by atoms with van der Waals surface area (Å²) in [6.07, 6.45) is 6.13. The van der Waals surface area contributed by atoms with Crippen LogP contribution < -0.4 is 10.6 Å². The number of thioether (sulfide) groups is 1. The third kappa shape index (κ3) is 7.28. The molecule has 0 spiro atoms. The topological polar surface area (TPSA) is 84.5 Å². The second-order valence-corrected chi connectivity index (χ2v) is 12.9. The van der Waals surface area contributed by atoms with E-state index in [9.17, 15) is 14.4 Å². The average Bonchev–Trinajstić information content (AvgIpc) is 3.61. The van der Waals surface area contributed by atoms with Crippen LogP contribution in [0.5, 0.6) is 0 Å². The predicted octanol–water partition coefficient (Wildman–Crippen LogP) is 8.37. The molecular formula is C32H32N2O4S3. The van der Waals surface area contributed by atoms with Gasteiger partial charge in [0.25, 0.3) is 5.91 Å². The molecule has 1 aliphatic carbocycles. The SMILES string of the molecule is CCOC(=O)c1c(NC(=O)C(Sc2cccc(NC(=O)c3cccs3)c2)c2ccccc2)sc2c1CCCCCC2. The molecule has 1 atom stereocenters. The fraction of sp³-hybridized carbons (Fsp3) is 0.281. The van der Waals surface area contributed by atoms with Gasteiger partial charge < -0.3 is 15.4 Å². The van der Waals surface area contributed by atoms with Gasteiger partial charge >= 0.3 is 5.97 Å². The molecule has 0 radical (unpaired) electrons. The van der Waals surface area contributed by atoms with Crippen LogP contribution in [0.3, 0.4) is 0 Å². The fourth-order valence-electron chi connectivity index (χ4n) is 4.89. The summed E-state index contributed by atoms with van der Waals surface area (Å²) in [5, 5.41) is 7.92. The Hall–Kier alpha value is -3.40. The number of anilines is 2. The average molecular weight is 605 g/mol.